The smallest absolute Gasteiger partial charge is 0.261 e. The molecule has 0 saturated carbocycles. The van der Waals surface area contributed by atoms with Crippen molar-refractivity contribution in [2.24, 2.45) is 0 Å². The van der Waals surface area contributed by atoms with Crippen LogP contribution >= 0.6 is 23.2 Å². The molecule has 0 aliphatic heterocycles. The number of likely N-dealkylation sites (N-methyl/N-ethyl adjacent to an activating group) is 1. The molecule has 0 unspecified atom stereocenters. The zero-order valence-electron chi connectivity index (χ0n) is 17.6. The van der Waals surface area contributed by atoms with E-state index in [1.807, 2.05) is 42.5 Å². The molecule has 166 valence electrons. The van der Waals surface area contributed by atoms with Crippen LogP contribution in [0.2, 0.25) is 10.0 Å². The fourth-order valence-electron chi connectivity index (χ4n) is 3.29. The van der Waals surface area contributed by atoms with Gasteiger partial charge in [-0.15, -0.1) is 0 Å². The van der Waals surface area contributed by atoms with E-state index in [0.29, 0.717) is 22.2 Å². The monoisotopic (exact) mass is 470 g/mol. The van der Waals surface area contributed by atoms with Crippen LogP contribution in [0.25, 0.3) is 0 Å². The molecule has 0 fully saturated rings. The van der Waals surface area contributed by atoms with Crippen molar-refractivity contribution in [1.29, 1.82) is 0 Å². The summed E-state index contributed by atoms with van der Waals surface area (Å²) in [6.45, 7) is 0.00996. The van der Waals surface area contributed by atoms with Gasteiger partial charge in [0.05, 0.1) is 0 Å². The number of carbonyl (C=O) groups excluding carboxylic acids is 2. The van der Waals surface area contributed by atoms with Crippen molar-refractivity contribution < 1.29 is 14.3 Å². The minimum atomic E-state index is -0.714. The Hall–Kier alpha value is -3.02. The van der Waals surface area contributed by atoms with Crippen molar-refractivity contribution in [3.63, 3.8) is 0 Å². The summed E-state index contributed by atoms with van der Waals surface area (Å²) in [5.74, 6) is -0.0831. The molecule has 0 spiro atoms. The van der Waals surface area contributed by atoms with Gasteiger partial charge in [0.1, 0.15) is 11.8 Å². The maximum Gasteiger partial charge on any atom is 0.261 e. The van der Waals surface area contributed by atoms with Crippen LogP contribution in [-0.4, -0.2) is 36.4 Å². The van der Waals surface area contributed by atoms with Crippen LogP contribution in [0.15, 0.2) is 78.9 Å². The predicted molar refractivity (Wildman–Crippen MR) is 127 cm³/mol. The number of benzene rings is 3. The van der Waals surface area contributed by atoms with Crippen LogP contribution in [-0.2, 0) is 22.6 Å². The van der Waals surface area contributed by atoms with E-state index in [0.717, 1.165) is 11.1 Å². The van der Waals surface area contributed by atoms with Crippen LogP contribution in [0, 0.1) is 0 Å². The molecule has 0 aliphatic carbocycles. The summed E-state index contributed by atoms with van der Waals surface area (Å²) in [5.41, 5.74) is 1.80. The first-order valence-electron chi connectivity index (χ1n) is 10.1. The third-order valence-corrected chi connectivity index (χ3v) is 5.43. The standard InChI is InChI=1S/C25H24Cl2N2O3/c1-28-25(31)23(14-18-6-3-2-4-7-18)29(16-19-10-12-20(26)13-11-19)24(30)17-32-22-9-5-8-21(27)15-22/h2-13,15,23H,14,16-17H2,1H3,(H,28,31)/t23-/m0/s1. The molecule has 0 heterocycles. The van der Waals surface area contributed by atoms with E-state index in [1.54, 1.807) is 48.3 Å². The molecule has 2 amide bonds. The molecule has 3 aromatic rings. The first kappa shape index (κ1) is 23.6. The van der Waals surface area contributed by atoms with Crippen LogP contribution in [0.3, 0.4) is 0 Å². The predicted octanol–water partition coefficient (Wildman–Crippen LogP) is 4.76. The van der Waals surface area contributed by atoms with Gasteiger partial charge in [0.2, 0.25) is 5.91 Å². The average Bonchev–Trinajstić information content (AvgIpc) is 2.81. The molecule has 0 radical (unpaired) electrons. The first-order chi connectivity index (χ1) is 15.5. The van der Waals surface area contributed by atoms with Gasteiger partial charge in [-0.3, -0.25) is 9.59 Å². The van der Waals surface area contributed by atoms with Crippen molar-refractivity contribution in [3.8, 4) is 5.75 Å². The lowest BCUT2D eigenvalue weighted by molar-refractivity contribution is -0.142. The van der Waals surface area contributed by atoms with E-state index in [1.165, 1.54) is 0 Å². The summed E-state index contributed by atoms with van der Waals surface area (Å²) >= 11 is 12.0. The van der Waals surface area contributed by atoms with Crippen LogP contribution in [0.4, 0.5) is 0 Å². The second kappa shape index (κ2) is 11.6. The Bertz CT molecular complexity index is 1040. The SMILES string of the molecule is CNC(=O)[C@H](Cc1ccccc1)N(Cc1ccc(Cl)cc1)C(=O)COc1cccc(Cl)c1. The number of halogens is 2. The normalized spacial score (nSPS) is 11.5. The summed E-state index contributed by atoms with van der Waals surface area (Å²) in [7, 11) is 1.56. The molecule has 32 heavy (non-hydrogen) atoms. The van der Waals surface area contributed by atoms with E-state index >= 15 is 0 Å². The maximum absolute atomic E-state index is 13.3. The largest absolute Gasteiger partial charge is 0.484 e. The second-order valence-electron chi connectivity index (χ2n) is 7.21. The third kappa shape index (κ3) is 6.74. The molecule has 3 rings (SSSR count). The topological polar surface area (TPSA) is 58.6 Å². The van der Waals surface area contributed by atoms with Crippen molar-refractivity contribution in [3.05, 3.63) is 100 Å². The molecule has 7 heteroatoms. The molecular formula is C25H24Cl2N2O3. The highest BCUT2D eigenvalue weighted by Gasteiger charge is 2.30. The van der Waals surface area contributed by atoms with Crippen LogP contribution in [0.5, 0.6) is 5.75 Å². The summed E-state index contributed by atoms with van der Waals surface area (Å²) in [4.78, 5) is 27.7. The van der Waals surface area contributed by atoms with Gasteiger partial charge in [-0.2, -0.15) is 0 Å². The van der Waals surface area contributed by atoms with Crippen molar-refractivity contribution in [2.75, 3.05) is 13.7 Å². The molecule has 3 aromatic carbocycles. The zero-order chi connectivity index (χ0) is 22.9. The van der Waals surface area contributed by atoms with Crippen LogP contribution in [0.1, 0.15) is 11.1 Å². The second-order valence-corrected chi connectivity index (χ2v) is 8.09. The highest BCUT2D eigenvalue weighted by molar-refractivity contribution is 6.30. The average molecular weight is 471 g/mol. The summed E-state index contributed by atoms with van der Waals surface area (Å²) in [6, 6.07) is 22.9. The Morgan fingerprint density at radius 2 is 1.62 bits per heavy atom. The van der Waals surface area contributed by atoms with Crippen LogP contribution < -0.4 is 10.1 Å². The number of amides is 2. The number of hydrogen-bond donors (Lipinski definition) is 1. The minimum absolute atomic E-state index is 0.226. The Kier molecular flexibility index (Phi) is 8.54. The lowest BCUT2D eigenvalue weighted by atomic mass is 10.0. The Morgan fingerprint density at radius 1 is 0.906 bits per heavy atom. The van der Waals surface area contributed by atoms with Gasteiger partial charge in [0.15, 0.2) is 6.61 Å². The number of carbonyl (C=O) groups is 2. The van der Waals surface area contributed by atoms with Crippen molar-refractivity contribution >= 4 is 35.0 Å². The van der Waals surface area contributed by atoms with Gasteiger partial charge < -0.3 is 15.0 Å². The molecular weight excluding hydrogens is 447 g/mol. The fraction of sp³-hybridized carbons (Fsp3) is 0.200. The molecule has 0 saturated heterocycles. The Balaban J connectivity index is 1.86. The lowest BCUT2D eigenvalue weighted by Gasteiger charge is -2.31. The van der Waals surface area contributed by atoms with Gasteiger partial charge in [-0.25, -0.2) is 0 Å². The number of nitrogens with one attached hydrogen (secondary N) is 1. The highest BCUT2D eigenvalue weighted by Crippen LogP contribution is 2.19. The summed E-state index contributed by atoms with van der Waals surface area (Å²) in [6.07, 6.45) is 0.372. The van der Waals surface area contributed by atoms with E-state index in [4.69, 9.17) is 27.9 Å². The van der Waals surface area contributed by atoms with Gasteiger partial charge in [-0.1, -0.05) is 71.7 Å². The van der Waals surface area contributed by atoms with Gasteiger partial charge in [0, 0.05) is 30.1 Å². The minimum Gasteiger partial charge on any atom is -0.484 e. The number of nitrogens with zero attached hydrogens (tertiary/aromatic N) is 1. The van der Waals surface area contributed by atoms with Crippen molar-refractivity contribution in [2.45, 2.75) is 19.0 Å². The van der Waals surface area contributed by atoms with Crippen molar-refractivity contribution in [1.82, 2.24) is 10.2 Å². The quantitative estimate of drug-likeness (QED) is 0.490. The van der Waals surface area contributed by atoms with Gasteiger partial charge >= 0.3 is 0 Å². The van der Waals surface area contributed by atoms with E-state index in [-0.39, 0.29) is 25.0 Å². The maximum atomic E-state index is 13.3. The van der Waals surface area contributed by atoms with Gasteiger partial charge in [-0.05, 0) is 41.5 Å². The van der Waals surface area contributed by atoms with E-state index < -0.39 is 6.04 Å². The molecule has 1 atom stereocenters. The molecule has 5 nitrogen and oxygen atoms in total. The molecule has 0 aliphatic rings. The first-order valence-corrected chi connectivity index (χ1v) is 10.9. The summed E-state index contributed by atoms with van der Waals surface area (Å²) in [5, 5.41) is 3.80. The molecule has 1 N–H and O–H groups in total. The third-order valence-electron chi connectivity index (χ3n) is 4.94. The lowest BCUT2D eigenvalue weighted by Crippen LogP contribution is -2.51. The Labute approximate surface area is 197 Å². The summed E-state index contributed by atoms with van der Waals surface area (Å²) < 4.78 is 5.67. The molecule has 0 bridgehead atoms. The fourth-order valence-corrected chi connectivity index (χ4v) is 3.60. The number of rotatable bonds is 9. The zero-order valence-corrected chi connectivity index (χ0v) is 19.1. The number of hydrogen-bond acceptors (Lipinski definition) is 3. The highest BCUT2D eigenvalue weighted by atomic mass is 35.5. The van der Waals surface area contributed by atoms with E-state index in [9.17, 15) is 9.59 Å². The number of ether oxygens (including phenoxy) is 1. The molecule has 0 aromatic heterocycles. The Morgan fingerprint density at radius 3 is 2.28 bits per heavy atom. The van der Waals surface area contributed by atoms with Gasteiger partial charge in [0.25, 0.3) is 5.91 Å². The van der Waals surface area contributed by atoms with E-state index in [2.05, 4.69) is 5.32 Å².